The second-order valence-corrected chi connectivity index (χ2v) is 5.59. The first-order valence-electron chi connectivity index (χ1n) is 6.84. The number of nitrogens with zero attached hydrogens (tertiary/aromatic N) is 1. The molecule has 2 N–H and O–H groups in total. The molecule has 0 bridgehead atoms. The lowest BCUT2D eigenvalue weighted by molar-refractivity contribution is -0.121. The third-order valence-corrected chi connectivity index (χ3v) is 4.38. The zero-order valence-electron chi connectivity index (χ0n) is 11.0. The number of imide groups is 1. The first-order chi connectivity index (χ1) is 9.70. The number of hydrogen-bond acceptors (Lipinski definition) is 3. The summed E-state index contributed by atoms with van der Waals surface area (Å²) in [4.78, 5) is 25.0. The lowest BCUT2D eigenvalue weighted by Gasteiger charge is -2.38. The van der Waals surface area contributed by atoms with Gasteiger partial charge >= 0.3 is 6.03 Å². The minimum atomic E-state index is -0.313. The number of fused-ring (bicyclic) bond motifs is 2. The van der Waals surface area contributed by atoms with Gasteiger partial charge in [0.05, 0.1) is 0 Å². The number of nitrogens with one attached hydrogen (secondary N) is 2. The van der Waals surface area contributed by atoms with Crippen molar-refractivity contribution in [2.75, 3.05) is 19.6 Å². The molecule has 3 amide bonds. The van der Waals surface area contributed by atoms with Crippen LogP contribution in [0.25, 0.3) is 5.70 Å². The summed E-state index contributed by atoms with van der Waals surface area (Å²) in [5, 5.41) is 5.70. The molecule has 4 rings (SSSR count). The summed E-state index contributed by atoms with van der Waals surface area (Å²) < 4.78 is 0. The van der Waals surface area contributed by atoms with Gasteiger partial charge in [-0.05, 0) is 11.6 Å². The number of benzene rings is 1. The second-order valence-electron chi connectivity index (χ2n) is 5.59. The highest BCUT2D eigenvalue weighted by Gasteiger charge is 2.45. The van der Waals surface area contributed by atoms with Gasteiger partial charge in [-0.25, -0.2) is 4.79 Å². The van der Waals surface area contributed by atoms with Gasteiger partial charge in [-0.3, -0.25) is 15.0 Å². The number of carbonyl (C=O) groups excluding carboxylic acids is 2. The first kappa shape index (κ1) is 11.7. The number of urea groups is 1. The molecule has 102 valence electrons. The Hall–Kier alpha value is -2.14. The largest absolute Gasteiger partial charge is 0.328 e. The quantitative estimate of drug-likeness (QED) is 0.793. The Morgan fingerprint density at radius 3 is 2.65 bits per heavy atom. The summed E-state index contributed by atoms with van der Waals surface area (Å²) in [6, 6.07) is 7.90. The smallest absolute Gasteiger partial charge is 0.314 e. The van der Waals surface area contributed by atoms with Gasteiger partial charge in [-0.1, -0.05) is 24.3 Å². The van der Waals surface area contributed by atoms with Crippen LogP contribution < -0.4 is 10.6 Å². The average Bonchev–Trinajstić information content (AvgIpc) is 2.74. The highest BCUT2D eigenvalue weighted by molar-refractivity contribution is 6.01. The van der Waals surface area contributed by atoms with Crippen LogP contribution >= 0.6 is 0 Å². The van der Waals surface area contributed by atoms with Crippen LogP contribution in [0.1, 0.15) is 17.5 Å². The number of amides is 3. The standard InChI is InChI=1S/C15H15N3O2/c19-13-5-6-18(14(20)17-13)12-7-15(8-16-9-15)11-4-2-1-3-10(11)12/h1-4,7,16H,5-6,8-9H2,(H,17,19,20). The molecule has 0 radical (unpaired) electrons. The summed E-state index contributed by atoms with van der Waals surface area (Å²) in [7, 11) is 0. The number of hydrogen-bond donors (Lipinski definition) is 2. The highest BCUT2D eigenvalue weighted by Crippen LogP contribution is 2.44. The Morgan fingerprint density at radius 1 is 1.15 bits per heavy atom. The predicted molar refractivity (Wildman–Crippen MR) is 73.8 cm³/mol. The summed E-state index contributed by atoms with van der Waals surface area (Å²) in [5.74, 6) is -0.196. The number of carbonyl (C=O) groups is 2. The van der Waals surface area contributed by atoms with Crippen LogP contribution in [0.2, 0.25) is 0 Å². The van der Waals surface area contributed by atoms with Crippen LogP contribution in [0.15, 0.2) is 30.3 Å². The van der Waals surface area contributed by atoms with Gasteiger partial charge in [0.2, 0.25) is 5.91 Å². The third kappa shape index (κ3) is 1.47. The third-order valence-electron chi connectivity index (χ3n) is 4.38. The average molecular weight is 269 g/mol. The maximum atomic E-state index is 12.1. The van der Waals surface area contributed by atoms with E-state index in [4.69, 9.17) is 0 Å². The summed E-state index contributed by atoms with van der Waals surface area (Å²) in [5.41, 5.74) is 3.34. The molecule has 2 aliphatic heterocycles. The van der Waals surface area contributed by atoms with Crippen molar-refractivity contribution < 1.29 is 9.59 Å². The molecule has 0 saturated carbocycles. The van der Waals surface area contributed by atoms with Gasteiger partial charge in [0.1, 0.15) is 0 Å². The zero-order chi connectivity index (χ0) is 13.7. The molecule has 1 spiro atoms. The second kappa shape index (κ2) is 3.93. The Bertz CT molecular complexity index is 646. The molecule has 2 heterocycles. The predicted octanol–water partition coefficient (Wildman–Crippen LogP) is 0.824. The van der Waals surface area contributed by atoms with E-state index in [1.165, 1.54) is 5.56 Å². The lowest BCUT2D eigenvalue weighted by Crippen LogP contribution is -2.54. The van der Waals surface area contributed by atoms with Gasteiger partial charge in [0.25, 0.3) is 0 Å². The van der Waals surface area contributed by atoms with E-state index in [1.54, 1.807) is 4.90 Å². The summed E-state index contributed by atoms with van der Waals surface area (Å²) in [6.45, 7) is 2.26. The summed E-state index contributed by atoms with van der Waals surface area (Å²) in [6.07, 6.45) is 2.54. The Labute approximate surface area is 116 Å². The normalized spacial score (nSPS) is 23.2. The molecule has 5 heteroatoms. The first-order valence-corrected chi connectivity index (χ1v) is 6.84. The van der Waals surface area contributed by atoms with Crippen LogP contribution in [-0.2, 0) is 10.2 Å². The van der Waals surface area contributed by atoms with Gasteiger partial charge in [-0.2, -0.15) is 0 Å². The molecule has 1 aliphatic carbocycles. The topological polar surface area (TPSA) is 61.4 Å². The fourth-order valence-electron chi connectivity index (χ4n) is 3.26. The monoisotopic (exact) mass is 269 g/mol. The van der Waals surface area contributed by atoms with E-state index in [1.807, 2.05) is 12.1 Å². The molecule has 1 aromatic carbocycles. The van der Waals surface area contributed by atoms with Crippen molar-refractivity contribution in [3.8, 4) is 0 Å². The molecule has 2 saturated heterocycles. The zero-order valence-corrected chi connectivity index (χ0v) is 11.0. The van der Waals surface area contributed by atoms with Gasteiger partial charge in [-0.15, -0.1) is 0 Å². The molecule has 2 fully saturated rings. The van der Waals surface area contributed by atoms with E-state index in [0.29, 0.717) is 13.0 Å². The molecule has 20 heavy (non-hydrogen) atoms. The van der Waals surface area contributed by atoms with Gasteiger partial charge in [0, 0.05) is 42.7 Å². The van der Waals surface area contributed by atoms with Crippen molar-refractivity contribution in [2.45, 2.75) is 11.8 Å². The summed E-state index contributed by atoms with van der Waals surface area (Å²) >= 11 is 0. The SMILES string of the molecule is O=C1CCN(C2=CC3(CNC3)c3ccccc32)C(=O)N1. The maximum absolute atomic E-state index is 12.1. The highest BCUT2D eigenvalue weighted by atomic mass is 16.2. The van der Waals surface area contributed by atoms with E-state index >= 15 is 0 Å². The fourth-order valence-corrected chi connectivity index (χ4v) is 3.26. The molecule has 5 nitrogen and oxygen atoms in total. The molecule has 0 atom stereocenters. The molecular weight excluding hydrogens is 254 g/mol. The molecule has 0 unspecified atom stereocenters. The Morgan fingerprint density at radius 2 is 1.95 bits per heavy atom. The maximum Gasteiger partial charge on any atom is 0.328 e. The van der Waals surface area contributed by atoms with Crippen molar-refractivity contribution in [1.29, 1.82) is 0 Å². The van der Waals surface area contributed by atoms with E-state index in [0.717, 1.165) is 24.4 Å². The van der Waals surface area contributed by atoms with Crippen LogP contribution in [-0.4, -0.2) is 36.5 Å². The Kier molecular flexibility index (Phi) is 2.29. The fraction of sp³-hybridized carbons (Fsp3) is 0.333. The minimum Gasteiger partial charge on any atom is -0.314 e. The van der Waals surface area contributed by atoms with Gasteiger partial charge < -0.3 is 5.32 Å². The van der Waals surface area contributed by atoms with E-state index in [9.17, 15) is 9.59 Å². The van der Waals surface area contributed by atoms with Crippen LogP contribution in [0.5, 0.6) is 0 Å². The minimum absolute atomic E-state index is 0.0215. The van der Waals surface area contributed by atoms with Crippen molar-refractivity contribution in [3.63, 3.8) is 0 Å². The molecule has 3 aliphatic rings. The van der Waals surface area contributed by atoms with Crippen molar-refractivity contribution in [1.82, 2.24) is 15.5 Å². The van der Waals surface area contributed by atoms with Crippen LogP contribution in [0.4, 0.5) is 4.79 Å². The number of rotatable bonds is 1. The molecule has 0 aromatic heterocycles. The van der Waals surface area contributed by atoms with Crippen molar-refractivity contribution in [2.24, 2.45) is 0 Å². The van der Waals surface area contributed by atoms with E-state index in [2.05, 4.69) is 28.8 Å². The molecular formula is C15H15N3O2. The van der Waals surface area contributed by atoms with Crippen molar-refractivity contribution in [3.05, 3.63) is 41.5 Å². The van der Waals surface area contributed by atoms with Crippen molar-refractivity contribution >= 4 is 17.6 Å². The molecule has 1 aromatic rings. The Balaban J connectivity index is 1.77. The van der Waals surface area contributed by atoms with Crippen LogP contribution in [0, 0.1) is 0 Å². The van der Waals surface area contributed by atoms with Gasteiger partial charge in [0.15, 0.2) is 0 Å². The lowest BCUT2D eigenvalue weighted by atomic mass is 9.77. The van der Waals surface area contributed by atoms with Crippen LogP contribution in [0.3, 0.4) is 0 Å². The van der Waals surface area contributed by atoms with E-state index in [-0.39, 0.29) is 17.4 Å². The van der Waals surface area contributed by atoms with E-state index < -0.39 is 0 Å².